The lowest BCUT2D eigenvalue weighted by molar-refractivity contribution is -0.148. The third-order valence-electron chi connectivity index (χ3n) is 7.27. The topological polar surface area (TPSA) is 100 Å². The Morgan fingerprint density at radius 2 is 1.74 bits per heavy atom. The van der Waals surface area contributed by atoms with E-state index in [0.29, 0.717) is 51.0 Å². The zero-order chi connectivity index (χ0) is 27.6. The molecule has 1 aromatic heterocycles. The fraction of sp³-hybridized carbons (Fsp3) is 0.393. The van der Waals surface area contributed by atoms with Crippen molar-refractivity contribution in [3.05, 3.63) is 65.4 Å². The molecule has 1 unspecified atom stereocenters. The highest BCUT2D eigenvalue weighted by molar-refractivity contribution is 7.91. The van der Waals surface area contributed by atoms with Crippen molar-refractivity contribution in [3.63, 3.8) is 0 Å². The summed E-state index contributed by atoms with van der Waals surface area (Å²) in [6.07, 6.45) is 1.52. The van der Waals surface area contributed by atoms with Crippen LogP contribution in [-0.2, 0) is 24.2 Å². The highest BCUT2D eigenvalue weighted by atomic mass is 35.5. The molecule has 0 N–H and O–H groups in total. The standard InChI is InChI=1S/C28H31ClN4O5S/c1-20-16-24(6-8-30-20)32-9-10-33(26(19-32)28(35)31-11-13-38-14-12-31)27(34)7-15-39(36,37)25-5-3-21-17-23(29)4-2-22(21)18-25/h2-6,8,16-18,26H,7,9-15,19H2,1H3. The maximum Gasteiger partial charge on any atom is 0.247 e. The Morgan fingerprint density at radius 1 is 1.00 bits per heavy atom. The van der Waals surface area contributed by atoms with Gasteiger partial charge >= 0.3 is 0 Å². The number of anilines is 1. The highest BCUT2D eigenvalue weighted by Crippen LogP contribution is 2.25. The van der Waals surface area contributed by atoms with Crippen LogP contribution in [-0.4, -0.2) is 92.7 Å². The van der Waals surface area contributed by atoms with Crippen molar-refractivity contribution in [1.82, 2.24) is 14.8 Å². The third kappa shape index (κ3) is 6.18. The number of ether oxygens (including phenoxy) is 1. The Labute approximate surface area is 233 Å². The summed E-state index contributed by atoms with van der Waals surface area (Å²) in [4.78, 5) is 36.8. The number of benzene rings is 2. The zero-order valence-electron chi connectivity index (χ0n) is 21.8. The molecule has 2 saturated heterocycles. The van der Waals surface area contributed by atoms with E-state index >= 15 is 0 Å². The van der Waals surface area contributed by atoms with Crippen molar-refractivity contribution in [1.29, 1.82) is 0 Å². The first-order valence-corrected chi connectivity index (χ1v) is 15.0. The van der Waals surface area contributed by atoms with Gasteiger partial charge in [0, 0.05) is 61.7 Å². The molecule has 2 aliphatic heterocycles. The van der Waals surface area contributed by atoms with Gasteiger partial charge in [0.25, 0.3) is 0 Å². The average molecular weight is 571 g/mol. The predicted molar refractivity (Wildman–Crippen MR) is 150 cm³/mol. The van der Waals surface area contributed by atoms with Gasteiger partial charge < -0.3 is 19.4 Å². The normalized spacial score (nSPS) is 18.4. The number of halogens is 1. The summed E-state index contributed by atoms with van der Waals surface area (Å²) in [5, 5.41) is 2.17. The van der Waals surface area contributed by atoms with Gasteiger partial charge in [0.15, 0.2) is 9.84 Å². The number of hydrogen-bond acceptors (Lipinski definition) is 7. The molecule has 9 nitrogen and oxygen atoms in total. The van der Waals surface area contributed by atoms with Crippen LogP contribution >= 0.6 is 11.6 Å². The van der Waals surface area contributed by atoms with Crippen LogP contribution < -0.4 is 4.90 Å². The third-order valence-corrected chi connectivity index (χ3v) is 9.22. The van der Waals surface area contributed by atoms with E-state index in [9.17, 15) is 18.0 Å². The van der Waals surface area contributed by atoms with E-state index in [0.717, 1.165) is 22.2 Å². The van der Waals surface area contributed by atoms with E-state index in [-0.39, 0.29) is 28.9 Å². The van der Waals surface area contributed by atoms with Crippen molar-refractivity contribution in [2.75, 3.05) is 56.6 Å². The molecule has 39 heavy (non-hydrogen) atoms. The van der Waals surface area contributed by atoms with Gasteiger partial charge in [0.1, 0.15) is 6.04 Å². The van der Waals surface area contributed by atoms with E-state index in [1.807, 2.05) is 19.1 Å². The number of aromatic nitrogens is 1. The van der Waals surface area contributed by atoms with Crippen LogP contribution in [0, 0.1) is 6.92 Å². The van der Waals surface area contributed by atoms with Crippen molar-refractivity contribution in [3.8, 4) is 0 Å². The lowest BCUT2D eigenvalue weighted by Crippen LogP contribution is -2.62. The summed E-state index contributed by atoms with van der Waals surface area (Å²) in [5.41, 5.74) is 1.80. The van der Waals surface area contributed by atoms with Crippen LogP contribution in [0.3, 0.4) is 0 Å². The van der Waals surface area contributed by atoms with Crippen molar-refractivity contribution in [2.45, 2.75) is 24.3 Å². The number of carbonyl (C=O) groups excluding carboxylic acids is 2. The lowest BCUT2D eigenvalue weighted by Gasteiger charge is -2.43. The molecular weight excluding hydrogens is 540 g/mol. The fourth-order valence-corrected chi connectivity index (χ4v) is 6.56. The van der Waals surface area contributed by atoms with Gasteiger partial charge in [-0.05, 0) is 54.1 Å². The number of piperazine rings is 1. The number of rotatable bonds is 6. The average Bonchev–Trinajstić information content (AvgIpc) is 2.95. The first kappa shape index (κ1) is 27.4. The fourth-order valence-electron chi connectivity index (χ4n) is 5.12. The summed E-state index contributed by atoms with van der Waals surface area (Å²) in [5.74, 6) is -0.825. The lowest BCUT2D eigenvalue weighted by atomic mass is 10.1. The minimum Gasteiger partial charge on any atom is -0.378 e. The van der Waals surface area contributed by atoms with Crippen LogP contribution in [0.15, 0.2) is 59.6 Å². The number of hydrogen-bond donors (Lipinski definition) is 0. The van der Waals surface area contributed by atoms with Gasteiger partial charge in [0.2, 0.25) is 11.8 Å². The SMILES string of the molecule is Cc1cc(N2CCN(C(=O)CCS(=O)(=O)c3ccc4cc(Cl)ccc4c3)C(C(=O)N3CCOCC3)C2)ccn1. The van der Waals surface area contributed by atoms with E-state index in [1.165, 1.54) is 0 Å². The molecule has 0 aliphatic carbocycles. The number of fused-ring (bicyclic) bond motifs is 1. The van der Waals surface area contributed by atoms with Gasteiger partial charge in [-0.1, -0.05) is 23.7 Å². The van der Waals surface area contributed by atoms with E-state index < -0.39 is 15.9 Å². The monoisotopic (exact) mass is 570 g/mol. The molecule has 1 atom stereocenters. The summed E-state index contributed by atoms with van der Waals surface area (Å²) in [7, 11) is -3.72. The number of sulfone groups is 1. The Balaban J connectivity index is 1.32. The number of pyridine rings is 1. The van der Waals surface area contributed by atoms with Gasteiger partial charge in [0.05, 0.1) is 23.9 Å². The molecule has 5 rings (SSSR count). The summed E-state index contributed by atoms with van der Waals surface area (Å²) in [6.45, 7) is 4.92. The molecule has 2 amide bonds. The van der Waals surface area contributed by atoms with Crippen LogP contribution in [0.5, 0.6) is 0 Å². The molecular formula is C28H31ClN4O5S. The Hall–Kier alpha value is -3.21. The minimum atomic E-state index is -3.72. The van der Waals surface area contributed by atoms with Gasteiger partial charge in [-0.3, -0.25) is 14.6 Å². The molecule has 2 aliphatic rings. The van der Waals surface area contributed by atoms with Crippen LogP contribution in [0.4, 0.5) is 5.69 Å². The molecule has 11 heteroatoms. The van der Waals surface area contributed by atoms with Gasteiger partial charge in [-0.15, -0.1) is 0 Å². The maximum absolute atomic E-state index is 13.6. The van der Waals surface area contributed by atoms with E-state index in [4.69, 9.17) is 16.3 Å². The Bertz CT molecular complexity index is 1490. The van der Waals surface area contributed by atoms with Crippen molar-refractivity contribution in [2.24, 2.45) is 0 Å². The van der Waals surface area contributed by atoms with Crippen LogP contribution in [0.2, 0.25) is 5.02 Å². The second-order valence-corrected chi connectivity index (χ2v) is 12.4. The molecule has 206 valence electrons. The van der Waals surface area contributed by atoms with Gasteiger partial charge in [-0.25, -0.2) is 8.42 Å². The number of amides is 2. The molecule has 0 saturated carbocycles. The number of nitrogens with zero attached hydrogens (tertiary/aromatic N) is 4. The molecule has 2 aromatic carbocycles. The number of morpholine rings is 1. The molecule has 3 aromatic rings. The van der Waals surface area contributed by atoms with Crippen molar-refractivity contribution >= 4 is 49.7 Å². The van der Waals surface area contributed by atoms with Gasteiger partial charge in [-0.2, -0.15) is 0 Å². The molecule has 0 bridgehead atoms. The summed E-state index contributed by atoms with van der Waals surface area (Å²) >= 11 is 6.04. The van der Waals surface area contributed by atoms with E-state index in [2.05, 4.69) is 9.88 Å². The maximum atomic E-state index is 13.6. The summed E-state index contributed by atoms with van der Waals surface area (Å²) in [6, 6.07) is 13.2. The van der Waals surface area contributed by atoms with E-state index in [1.54, 1.807) is 52.4 Å². The largest absolute Gasteiger partial charge is 0.378 e. The second-order valence-electron chi connectivity index (χ2n) is 9.86. The first-order chi connectivity index (χ1) is 18.7. The highest BCUT2D eigenvalue weighted by Gasteiger charge is 2.38. The molecule has 0 radical (unpaired) electrons. The number of carbonyl (C=O) groups is 2. The van der Waals surface area contributed by atoms with Crippen molar-refractivity contribution < 1.29 is 22.7 Å². The first-order valence-electron chi connectivity index (χ1n) is 13.0. The van der Waals surface area contributed by atoms with Crippen LogP contribution in [0.1, 0.15) is 12.1 Å². The smallest absolute Gasteiger partial charge is 0.247 e. The Morgan fingerprint density at radius 3 is 2.51 bits per heavy atom. The second kappa shape index (κ2) is 11.5. The quantitative estimate of drug-likeness (QED) is 0.449. The Kier molecular flexibility index (Phi) is 8.06. The van der Waals surface area contributed by atoms with Crippen LogP contribution in [0.25, 0.3) is 10.8 Å². The molecule has 3 heterocycles. The summed E-state index contributed by atoms with van der Waals surface area (Å²) < 4.78 is 31.7. The minimum absolute atomic E-state index is 0.141. The number of aryl methyl sites for hydroxylation is 1. The zero-order valence-corrected chi connectivity index (χ0v) is 23.3. The molecule has 2 fully saturated rings. The predicted octanol–water partition coefficient (Wildman–Crippen LogP) is 2.94. The molecule has 0 spiro atoms.